The summed E-state index contributed by atoms with van der Waals surface area (Å²) < 4.78 is 0. The van der Waals surface area contributed by atoms with Crippen molar-refractivity contribution in [3.8, 4) is 17.2 Å². The molecule has 5 N–H and O–H groups in total. The number of phenols is 3. The molecule has 0 spiro atoms. The number of carbonyl (C=O) groups excluding carboxylic acids is 2. The van der Waals surface area contributed by atoms with E-state index in [1.807, 2.05) is 6.92 Å². The molecule has 2 aromatic carbocycles. The lowest BCUT2D eigenvalue weighted by molar-refractivity contribution is 0.0333. The number of hydrogen-bond acceptors (Lipinski definition) is 7. The summed E-state index contributed by atoms with van der Waals surface area (Å²) >= 11 is 0. The van der Waals surface area contributed by atoms with Gasteiger partial charge < -0.3 is 25.5 Å². The molecule has 0 unspecified atom stereocenters. The average Bonchev–Trinajstić information content (AvgIpc) is 2.63. The van der Waals surface area contributed by atoms with Gasteiger partial charge in [-0.15, -0.1) is 0 Å². The smallest absolute Gasteiger partial charge is 0.202 e. The van der Waals surface area contributed by atoms with Crippen LogP contribution in [0.15, 0.2) is 18.2 Å². The van der Waals surface area contributed by atoms with Gasteiger partial charge in [0, 0.05) is 16.7 Å². The van der Waals surface area contributed by atoms with Crippen LogP contribution >= 0.6 is 0 Å². The minimum absolute atomic E-state index is 0.0972. The monoisotopic (exact) mass is 370 g/mol. The summed E-state index contributed by atoms with van der Waals surface area (Å²) in [6, 6.07) is 3.98. The standard InChI is InChI=1S/C20H18O7/c1-2-7-6-10(22)12-13(16(7)23)20(27)14-15(19(12)26)18(25)11-8(17(14)24)4-3-5-9(11)21/h3-5,7,10,16,21-23,26-27H,2,6H2,1H3/t7-,10-,16+/m0/s1. The molecule has 0 aliphatic heterocycles. The van der Waals surface area contributed by atoms with E-state index >= 15 is 0 Å². The molecule has 7 nitrogen and oxygen atoms in total. The third kappa shape index (κ3) is 2.15. The molecular weight excluding hydrogens is 352 g/mol. The maximum Gasteiger partial charge on any atom is 0.202 e. The quantitative estimate of drug-likeness (QED) is 0.414. The lowest BCUT2D eigenvalue weighted by Crippen LogP contribution is -2.28. The predicted octanol–water partition coefficient (Wildman–Crippen LogP) is 2.08. The molecule has 0 aromatic heterocycles. The minimum Gasteiger partial charge on any atom is -0.507 e. The van der Waals surface area contributed by atoms with Gasteiger partial charge >= 0.3 is 0 Å². The molecule has 0 heterocycles. The van der Waals surface area contributed by atoms with E-state index < -0.39 is 52.1 Å². The fourth-order valence-corrected chi connectivity index (χ4v) is 4.23. The van der Waals surface area contributed by atoms with Crippen LogP contribution in [0.3, 0.4) is 0 Å². The van der Waals surface area contributed by atoms with Crippen LogP contribution in [0.2, 0.25) is 0 Å². The molecule has 7 heteroatoms. The number of aliphatic hydroxyl groups excluding tert-OH is 2. The molecule has 0 radical (unpaired) electrons. The van der Waals surface area contributed by atoms with Crippen LogP contribution in [0.4, 0.5) is 0 Å². The molecule has 0 saturated carbocycles. The topological polar surface area (TPSA) is 135 Å². The van der Waals surface area contributed by atoms with Crippen molar-refractivity contribution in [3.63, 3.8) is 0 Å². The molecule has 0 fully saturated rings. The fourth-order valence-electron chi connectivity index (χ4n) is 4.23. The Balaban J connectivity index is 2.08. The van der Waals surface area contributed by atoms with Crippen molar-refractivity contribution in [1.29, 1.82) is 0 Å². The Bertz CT molecular complexity index is 1010. The number of phenolic OH excluding ortho intramolecular Hbond substituents is 3. The van der Waals surface area contributed by atoms with Gasteiger partial charge in [0.1, 0.15) is 17.2 Å². The summed E-state index contributed by atoms with van der Waals surface area (Å²) in [7, 11) is 0. The summed E-state index contributed by atoms with van der Waals surface area (Å²) in [6.45, 7) is 1.81. The van der Waals surface area contributed by atoms with Gasteiger partial charge in [0.05, 0.1) is 28.9 Å². The Morgan fingerprint density at radius 3 is 2.22 bits per heavy atom. The second kappa shape index (κ2) is 5.80. The van der Waals surface area contributed by atoms with Crippen molar-refractivity contribution >= 4 is 11.6 Å². The molecule has 4 rings (SSSR count). The molecule has 2 aliphatic rings. The number of hydrogen-bond donors (Lipinski definition) is 5. The Hall–Kier alpha value is -2.90. The van der Waals surface area contributed by atoms with E-state index in [1.54, 1.807) is 0 Å². The molecule has 2 aliphatic carbocycles. The van der Waals surface area contributed by atoms with E-state index in [2.05, 4.69) is 0 Å². The predicted molar refractivity (Wildman–Crippen MR) is 93.1 cm³/mol. The number of aromatic hydroxyl groups is 3. The highest BCUT2D eigenvalue weighted by Crippen LogP contribution is 2.53. The molecule has 0 bridgehead atoms. The van der Waals surface area contributed by atoms with Crippen LogP contribution < -0.4 is 0 Å². The van der Waals surface area contributed by atoms with E-state index in [0.29, 0.717) is 6.42 Å². The van der Waals surface area contributed by atoms with Crippen molar-refractivity contribution in [3.05, 3.63) is 51.6 Å². The van der Waals surface area contributed by atoms with Gasteiger partial charge in [0.25, 0.3) is 0 Å². The van der Waals surface area contributed by atoms with E-state index in [4.69, 9.17) is 0 Å². The number of fused-ring (bicyclic) bond motifs is 3. The van der Waals surface area contributed by atoms with E-state index in [9.17, 15) is 35.1 Å². The van der Waals surface area contributed by atoms with Crippen molar-refractivity contribution in [2.45, 2.75) is 32.0 Å². The van der Waals surface area contributed by atoms with Crippen LogP contribution in [0, 0.1) is 5.92 Å². The van der Waals surface area contributed by atoms with Gasteiger partial charge in [0.15, 0.2) is 5.78 Å². The van der Waals surface area contributed by atoms with Crippen LogP contribution in [0.25, 0.3) is 0 Å². The summed E-state index contributed by atoms with van der Waals surface area (Å²) in [5.41, 5.74) is -1.52. The normalized spacial score (nSPS) is 23.6. The highest BCUT2D eigenvalue weighted by molar-refractivity contribution is 6.31. The summed E-state index contributed by atoms with van der Waals surface area (Å²) in [4.78, 5) is 25.8. The first-order chi connectivity index (χ1) is 12.8. The number of rotatable bonds is 1. The molecule has 0 amide bonds. The Labute approximate surface area is 154 Å². The maximum absolute atomic E-state index is 12.9. The number of benzene rings is 2. The average molecular weight is 370 g/mol. The first kappa shape index (κ1) is 17.5. The number of aliphatic hydroxyl groups is 2. The van der Waals surface area contributed by atoms with Gasteiger partial charge in [-0.3, -0.25) is 9.59 Å². The van der Waals surface area contributed by atoms with Crippen molar-refractivity contribution in [2.75, 3.05) is 0 Å². The molecule has 3 atom stereocenters. The Morgan fingerprint density at radius 2 is 1.56 bits per heavy atom. The van der Waals surface area contributed by atoms with Gasteiger partial charge in [-0.1, -0.05) is 25.5 Å². The Kier molecular flexibility index (Phi) is 3.76. The van der Waals surface area contributed by atoms with Gasteiger partial charge in [-0.2, -0.15) is 0 Å². The molecular formula is C20H18O7. The van der Waals surface area contributed by atoms with Gasteiger partial charge in [0.2, 0.25) is 5.78 Å². The molecule has 140 valence electrons. The number of ketones is 2. The van der Waals surface area contributed by atoms with Crippen LogP contribution in [-0.4, -0.2) is 37.1 Å². The van der Waals surface area contributed by atoms with Crippen molar-refractivity contribution < 1.29 is 35.1 Å². The minimum atomic E-state index is -1.21. The Morgan fingerprint density at radius 1 is 0.926 bits per heavy atom. The van der Waals surface area contributed by atoms with Gasteiger partial charge in [-0.25, -0.2) is 0 Å². The molecule has 0 saturated heterocycles. The maximum atomic E-state index is 12.9. The highest BCUT2D eigenvalue weighted by atomic mass is 16.3. The van der Waals surface area contributed by atoms with Crippen LogP contribution in [0.5, 0.6) is 17.2 Å². The van der Waals surface area contributed by atoms with E-state index in [-0.39, 0.29) is 34.6 Å². The lowest BCUT2D eigenvalue weighted by atomic mass is 9.73. The van der Waals surface area contributed by atoms with E-state index in [0.717, 1.165) is 0 Å². The summed E-state index contributed by atoms with van der Waals surface area (Å²) in [5, 5.41) is 52.6. The van der Waals surface area contributed by atoms with Crippen LogP contribution in [-0.2, 0) is 0 Å². The second-order valence-corrected chi connectivity index (χ2v) is 7.00. The SMILES string of the molecule is CC[C@H]1C[C@H](O)c2c(O)c3c(c(O)c2[C@@H]1O)C(=O)c1cccc(O)c1C3=O. The van der Waals surface area contributed by atoms with E-state index in [1.165, 1.54) is 18.2 Å². The second-order valence-electron chi connectivity index (χ2n) is 7.00. The highest BCUT2D eigenvalue weighted by Gasteiger charge is 2.44. The third-order valence-electron chi connectivity index (χ3n) is 5.62. The zero-order valence-electron chi connectivity index (χ0n) is 14.4. The first-order valence-corrected chi connectivity index (χ1v) is 8.68. The third-order valence-corrected chi connectivity index (χ3v) is 5.62. The zero-order chi connectivity index (χ0) is 19.6. The molecule has 27 heavy (non-hydrogen) atoms. The summed E-state index contributed by atoms with van der Waals surface area (Å²) in [5.74, 6) is -3.62. The van der Waals surface area contributed by atoms with Crippen molar-refractivity contribution in [1.82, 2.24) is 0 Å². The van der Waals surface area contributed by atoms with Crippen LogP contribution in [0.1, 0.15) is 74.9 Å². The van der Waals surface area contributed by atoms with Crippen molar-refractivity contribution in [2.24, 2.45) is 5.92 Å². The number of carbonyl (C=O) groups is 2. The largest absolute Gasteiger partial charge is 0.507 e. The van der Waals surface area contributed by atoms with Gasteiger partial charge in [-0.05, 0) is 18.4 Å². The summed E-state index contributed by atoms with van der Waals surface area (Å²) in [6.07, 6.45) is -1.75. The lowest BCUT2D eigenvalue weighted by Gasteiger charge is -2.35. The fraction of sp³-hybridized carbons (Fsp3) is 0.300. The molecule has 2 aromatic rings. The zero-order valence-corrected chi connectivity index (χ0v) is 14.4. The first-order valence-electron chi connectivity index (χ1n) is 8.68.